The summed E-state index contributed by atoms with van der Waals surface area (Å²) in [6.07, 6.45) is 1.24. The van der Waals surface area contributed by atoms with E-state index in [-0.39, 0.29) is 11.4 Å². The van der Waals surface area contributed by atoms with Crippen LogP contribution in [0.15, 0.2) is 67.4 Å². The number of amides is 1. The Kier molecular flexibility index (Phi) is 8.32. The third-order valence-electron chi connectivity index (χ3n) is 4.83. The van der Waals surface area contributed by atoms with Crippen LogP contribution in [0.5, 0.6) is 11.5 Å². The van der Waals surface area contributed by atoms with Gasteiger partial charge >= 0.3 is 0 Å². The molecule has 190 valence electrons. The second-order valence-electron chi connectivity index (χ2n) is 7.12. The Balaban J connectivity index is 2.01. The zero-order valence-corrected chi connectivity index (χ0v) is 21.7. The summed E-state index contributed by atoms with van der Waals surface area (Å²) in [6, 6.07) is 10.7. The Bertz CT molecular complexity index is 1400. The van der Waals surface area contributed by atoms with Crippen LogP contribution in [-0.4, -0.2) is 46.2 Å². The van der Waals surface area contributed by atoms with Gasteiger partial charge in [0.15, 0.2) is 4.90 Å². The van der Waals surface area contributed by atoms with E-state index in [0.717, 1.165) is 12.1 Å². The number of benzene rings is 2. The summed E-state index contributed by atoms with van der Waals surface area (Å²) >= 11 is 3.29. The van der Waals surface area contributed by atoms with E-state index in [9.17, 15) is 23.3 Å². The quantitative estimate of drug-likeness (QED) is 0.216. The van der Waals surface area contributed by atoms with Gasteiger partial charge in [-0.2, -0.15) is 5.10 Å². The number of nitrogens with zero attached hydrogens (tertiary/aromatic N) is 3. The Morgan fingerprint density at radius 2 is 1.94 bits per heavy atom. The zero-order valence-electron chi connectivity index (χ0n) is 19.3. The van der Waals surface area contributed by atoms with Crippen LogP contribution in [0.2, 0.25) is 0 Å². The lowest BCUT2D eigenvalue weighted by atomic mass is 10.2. The van der Waals surface area contributed by atoms with Crippen molar-refractivity contribution in [1.29, 1.82) is 0 Å². The van der Waals surface area contributed by atoms with Gasteiger partial charge in [-0.3, -0.25) is 19.2 Å². The van der Waals surface area contributed by atoms with E-state index in [0.29, 0.717) is 26.0 Å². The summed E-state index contributed by atoms with van der Waals surface area (Å²) in [5.74, 6) is 0.557. The first-order chi connectivity index (χ1) is 17.1. The summed E-state index contributed by atoms with van der Waals surface area (Å²) < 4.78 is 44.6. The number of nitrogens with one attached hydrogen (secondary N) is 1. The van der Waals surface area contributed by atoms with E-state index < -0.39 is 38.0 Å². The summed E-state index contributed by atoms with van der Waals surface area (Å²) in [6.45, 7) is 0.961. The van der Waals surface area contributed by atoms with Crippen LogP contribution in [0.1, 0.15) is 11.5 Å². The molecular formula is C22H21BrN4O8S. The van der Waals surface area contributed by atoms with E-state index in [4.69, 9.17) is 13.9 Å². The molecule has 3 aromatic rings. The van der Waals surface area contributed by atoms with E-state index in [2.05, 4.69) is 26.5 Å². The second-order valence-corrected chi connectivity index (χ2v) is 9.81. The highest BCUT2D eigenvalue weighted by atomic mass is 79.9. The molecule has 1 N–H and O–H groups in total. The molecule has 0 radical (unpaired) electrons. The maximum absolute atomic E-state index is 13.6. The Labute approximate surface area is 214 Å². The highest BCUT2D eigenvalue weighted by molar-refractivity contribution is 9.10. The SMILES string of the molecule is COc1ccc(N(CC(=O)N/N=C/c2cc(Br)c(C)o2)S(=O)(=O)c2ccccc2[N+](=O)[O-])c(OC)c1. The molecule has 3 rings (SSSR count). The van der Waals surface area contributed by atoms with Crippen molar-refractivity contribution in [3.8, 4) is 11.5 Å². The minimum absolute atomic E-state index is 0.0406. The molecule has 0 fully saturated rings. The molecule has 0 atom stereocenters. The number of anilines is 1. The van der Waals surface area contributed by atoms with Gasteiger partial charge in [0.05, 0.1) is 35.5 Å². The van der Waals surface area contributed by atoms with Gasteiger partial charge in [-0.05, 0) is 41.1 Å². The first-order valence-corrected chi connectivity index (χ1v) is 12.4. The summed E-state index contributed by atoms with van der Waals surface area (Å²) in [7, 11) is -1.90. The lowest BCUT2D eigenvalue weighted by Gasteiger charge is -2.25. The van der Waals surface area contributed by atoms with Crippen LogP contribution in [-0.2, 0) is 14.8 Å². The van der Waals surface area contributed by atoms with Gasteiger partial charge in [0.2, 0.25) is 0 Å². The van der Waals surface area contributed by atoms with Crippen LogP contribution < -0.4 is 19.2 Å². The van der Waals surface area contributed by atoms with Crippen molar-refractivity contribution < 1.29 is 32.0 Å². The van der Waals surface area contributed by atoms with Crippen molar-refractivity contribution in [2.24, 2.45) is 5.10 Å². The minimum Gasteiger partial charge on any atom is -0.497 e. The predicted octanol–water partition coefficient (Wildman–Crippen LogP) is 3.62. The fraction of sp³-hybridized carbons (Fsp3) is 0.182. The molecule has 36 heavy (non-hydrogen) atoms. The van der Waals surface area contributed by atoms with E-state index in [1.54, 1.807) is 13.0 Å². The predicted molar refractivity (Wildman–Crippen MR) is 134 cm³/mol. The number of furan rings is 1. The topological polar surface area (TPSA) is 154 Å². The Hall–Kier alpha value is -3.91. The summed E-state index contributed by atoms with van der Waals surface area (Å²) in [5, 5.41) is 15.3. The molecule has 1 heterocycles. The number of nitro benzene ring substituents is 1. The van der Waals surface area contributed by atoms with Gasteiger partial charge in [-0.15, -0.1) is 0 Å². The first kappa shape index (κ1) is 26.7. The van der Waals surface area contributed by atoms with Crippen LogP contribution in [0.25, 0.3) is 0 Å². The molecule has 1 amide bonds. The van der Waals surface area contributed by atoms with Crippen molar-refractivity contribution in [3.63, 3.8) is 0 Å². The minimum atomic E-state index is -4.62. The normalized spacial score (nSPS) is 11.3. The Morgan fingerprint density at radius 1 is 1.22 bits per heavy atom. The standard InChI is InChI=1S/C22H21BrN4O8S/c1-14-17(23)10-16(35-14)12-24-25-22(28)13-26(18-9-8-15(33-2)11-20(18)34-3)36(31,32)21-7-5-4-6-19(21)27(29)30/h4-12H,13H2,1-3H3,(H,25,28)/b24-12+. The van der Waals surface area contributed by atoms with Crippen molar-refractivity contribution >= 4 is 49.4 Å². The summed E-state index contributed by atoms with van der Waals surface area (Å²) in [4.78, 5) is 22.9. The number of nitro groups is 1. The molecule has 0 saturated carbocycles. The second kappa shape index (κ2) is 11.2. The van der Waals surface area contributed by atoms with Gasteiger partial charge in [0, 0.05) is 18.2 Å². The van der Waals surface area contributed by atoms with Crippen LogP contribution >= 0.6 is 15.9 Å². The average molecular weight is 581 g/mol. The Morgan fingerprint density at radius 3 is 2.56 bits per heavy atom. The van der Waals surface area contributed by atoms with Crippen molar-refractivity contribution in [2.45, 2.75) is 11.8 Å². The van der Waals surface area contributed by atoms with E-state index in [1.807, 2.05) is 0 Å². The van der Waals surface area contributed by atoms with E-state index >= 15 is 0 Å². The fourth-order valence-corrected chi connectivity index (χ4v) is 5.01. The number of sulfonamides is 1. The number of carbonyl (C=O) groups is 1. The molecule has 1 aromatic heterocycles. The van der Waals surface area contributed by atoms with Crippen molar-refractivity contribution in [3.05, 3.63) is 74.6 Å². The van der Waals surface area contributed by atoms with E-state index in [1.165, 1.54) is 50.8 Å². The fourth-order valence-electron chi connectivity index (χ4n) is 3.11. The monoisotopic (exact) mass is 580 g/mol. The molecular weight excluding hydrogens is 560 g/mol. The van der Waals surface area contributed by atoms with Crippen molar-refractivity contribution in [1.82, 2.24) is 5.43 Å². The smallest absolute Gasteiger partial charge is 0.289 e. The van der Waals surface area contributed by atoms with Gasteiger partial charge in [0.1, 0.15) is 29.6 Å². The molecule has 0 spiro atoms. The molecule has 0 aliphatic heterocycles. The molecule has 0 bridgehead atoms. The number of aryl methyl sites for hydroxylation is 1. The van der Waals surface area contributed by atoms with Gasteiger partial charge in [-0.25, -0.2) is 13.8 Å². The molecule has 14 heteroatoms. The number of hydrogen-bond acceptors (Lipinski definition) is 9. The average Bonchev–Trinajstić information content (AvgIpc) is 3.18. The number of carbonyl (C=O) groups excluding carboxylic acids is 1. The highest BCUT2D eigenvalue weighted by Gasteiger charge is 2.34. The highest BCUT2D eigenvalue weighted by Crippen LogP contribution is 2.37. The van der Waals surface area contributed by atoms with Crippen molar-refractivity contribution in [2.75, 3.05) is 25.1 Å². The number of para-hydroxylation sites is 1. The van der Waals surface area contributed by atoms with Crippen LogP contribution in [0.4, 0.5) is 11.4 Å². The van der Waals surface area contributed by atoms with Gasteiger partial charge in [-0.1, -0.05) is 12.1 Å². The lowest BCUT2D eigenvalue weighted by molar-refractivity contribution is -0.387. The first-order valence-electron chi connectivity index (χ1n) is 10.1. The molecule has 2 aromatic carbocycles. The number of hydrazone groups is 1. The third-order valence-corrected chi connectivity index (χ3v) is 7.42. The van der Waals surface area contributed by atoms with Gasteiger partial charge in [0.25, 0.3) is 21.6 Å². The number of ether oxygens (including phenoxy) is 2. The zero-order chi connectivity index (χ0) is 26.5. The summed E-state index contributed by atoms with van der Waals surface area (Å²) in [5.41, 5.74) is 1.54. The largest absolute Gasteiger partial charge is 0.497 e. The number of hydrogen-bond donors (Lipinski definition) is 1. The van der Waals surface area contributed by atoms with Crippen LogP contribution in [0, 0.1) is 17.0 Å². The van der Waals surface area contributed by atoms with Crippen LogP contribution in [0.3, 0.4) is 0 Å². The van der Waals surface area contributed by atoms with Gasteiger partial charge < -0.3 is 13.9 Å². The number of rotatable bonds is 10. The molecule has 0 aliphatic rings. The molecule has 0 saturated heterocycles. The molecule has 0 aliphatic carbocycles. The third kappa shape index (κ3) is 5.83. The maximum atomic E-state index is 13.6. The molecule has 0 unspecified atom stereocenters. The number of halogens is 1. The number of methoxy groups -OCH3 is 2. The lowest BCUT2D eigenvalue weighted by Crippen LogP contribution is -2.40. The maximum Gasteiger partial charge on any atom is 0.289 e. The molecule has 12 nitrogen and oxygen atoms in total.